The van der Waals surface area contributed by atoms with Crippen LogP contribution in [0.15, 0.2) is 277 Å². The topological polar surface area (TPSA) is 16.4 Å². The molecule has 2 heteroatoms. The molecule has 0 bridgehead atoms. The number of rotatable bonds is 4. The van der Waals surface area contributed by atoms with Crippen molar-refractivity contribution in [1.82, 2.24) is 0 Å². The van der Waals surface area contributed by atoms with E-state index in [9.17, 15) is 0 Å². The van der Waals surface area contributed by atoms with Crippen LogP contribution in [0.2, 0.25) is 0 Å². The number of hydrogen-bond acceptors (Lipinski definition) is 2. The second kappa shape index (κ2) is 15.3. The summed E-state index contributed by atoms with van der Waals surface area (Å²) < 4.78 is 7.20. The van der Waals surface area contributed by atoms with Crippen LogP contribution in [0.4, 0.5) is 17.1 Å². The Morgan fingerprint density at radius 2 is 0.692 bits per heavy atom. The average molecular weight is 988 g/mol. The highest BCUT2D eigenvalue weighted by Gasteiger charge is 2.53. The normalized spacial score (nSPS) is 14.1. The van der Waals surface area contributed by atoms with E-state index in [-0.39, 0.29) is 0 Å². The maximum Gasteiger partial charge on any atom is 0.143 e. The van der Waals surface area contributed by atoms with E-state index < -0.39 is 10.8 Å². The van der Waals surface area contributed by atoms with Gasteiger partial charge in [0.2, 0.25) is 0 Å². The Labute approximate surface area is 451 Å². The molecular formula is C76H45NO. The number of nitrogens with zero attached hydrogens (tertiary/aromatic N) is 1. The molecule has 14 aromatic rings. The van der Waals surface area contributed by atoms with Crippen LogP contribution in [0.1, 0.15) is 44.5 Å². The summed E-state index contributed by atoms with van der Waals surface area (Å²) in [5, 5.41) is 6.87. The highest BCUT2D eigenvalue weighted by Crippen LogP contribution is 2.66. The largest absolute Gasteiger partial charge is 0.455 e. The van der Waals surface area contributed by atoms with Gasteiger partial charge in [-0.25, -0.2) is 0 Å². The molecule has 2 spiro atoms. The Balaban J connectivity index is 0.950. The molecule has 360 valence electrons. The molecule has 4 aliphatic rings. The molecule has 0 fully saturated rings. The van der Waals surface area contributed by atoms with Gasteiger partial charge in [-0.1, -0.05) is 224 Å². The average Bonchev–Trinajstić information content (AvgIpc) is 2.92. The molecule has 13 aromatic carbocycles. The molecule has 0 unspecified atom stereocenters. The van der Waals surface area contributed by atoms with Crippen molar-refractivity contribution in [2.45, 2.75) is 10.8 Å². The predicted molar refractivity (Wildman–Crippen MR) is 321 cm³/mol. The molecular weight excluding hydrogens is 943 g/mol. The first-order valence-corrected chi connectivity index (χ1v) is 27.2. The van der Waals surface area contributed by atoms with E-state index in [1.807, 2.05) is 0 Å². The fraction of sp³-hybridized carbons (Fsp3) is 0.0263. The Kier molecular flexibility index (Phi) is 8.29. The minimum absolute atomic E-state index is 0.524. The number of hydrogen-bond donors (Lipinski definition) is 0. The van der Waals surface area contributed by atoms with E-state index in [4.69, 9.17) is 4.42 Å². The Bertz CT molecular complexity index is 4630. The lowest BCUT2D eigenvalue weighted by molar-refractivity contribution is 0.672. The van der Waals surface area contributed by atoms with Crippen molar-refractivity contribution in [2.24, 2.45) is 0 Å². The van der Waals surface area contributed by atoms with Gasteiger partial charge in [-0.3, -0.25) is 0 Å². The third-order valence-electron chi connectivity index (χ3n) is 18.3. The lowest BCUT2D eigenvalue weighted by Gasteiger charge is -2.33. The van der Waals surface area contributed by atoms with E-state index in [0.29, 0.717) is 0 Å². The number of fused-ring (bicyclic) bond motifs is 26. The monoisotopic (exact) mass is 987 g/mol. The zero-order chi connectivity index (χ0) is 50.8. The molecule has 0 amide bonds. The van der Waals surface area contributed by atoms with Crippen molar-refractivity contribution in [3.63, 3.8) is 0 Å². The third kappa shape index (κ3) is 5.22. The Hall–Kier alpha value is -10.0. The van der Waals surface area contributed by atoms with Crippen LogP contribution in [-0.4, -0.2) is 0 Å². The molecule has 0 atom stereocenters. The molecule has 0 aliphatic heterocycles. The van der Waals surface area contributed by atoms with Crippen molar-refractivity contribution >= 4 is 60.5 Å². The first-order valence-electron chi connectivity index (χ1n) is 27.2. The second-order valence-corrected chi connectivity index (χ2v) is 21.7. The first-order chi connectivity index (χ1) is 38.7. The minimum Gasteiger partial charge on any atom is -0.455 e. The Morgan fingerprint density at radius 3 is 1.19 bits per heavy atom. The molecule has 0 radical (unpaired) electrons. The predicted octanol–water partition coefficient (Wildman–Crippen LogP) is 19.7. The third-order valence-corrected chi connectivity index (χ3v) is 18.3. The lowest BCUT2D eigenvalue weighted by atomic mass is 9.70. The second-order valence-electron chi connectivity index (χ2n) is 21.7. The van der Waals surface area contributed by atoms with E-state index in [1.54, 1.807) is 0 Å². The summed E-state index contributed by atoms with van der Waals surface area (Å²) in [5.41, 5.74) is 27.1. The van der Waals surface area contributed by atoms with Gasteiger partial charge in [0.25, 0.3) is 0 Å². The van der Waals surface area contributed by atoms with Crippen molar-refractivity contribution in [2.75, 3.05) is 4.90 Å². The molecule has 18 rings (SSSR count). The van der Waals surface area contributed by atoms with E-state index in [1.165, 1.54) is 116 Å². The van der Waals surface area contributed by atoms with Crippen molar-refractivity contribution in [3.05, 3.63) is 317 Å². The van der Waals surface area contributed by atoms with Crippen LogP contribution < -0.4 is 4.90 Å². The van der Waals surface area contributed by atoms with Gasteiger partial charge < -0.3 is 9.32 Å². The van der Waals surface area contributed by atoms with Gasteiger partial charge in [0, 0.05) is 22.1 Å². The SMILES string of the molecule is c1ccc2c(c1)-c1ccccc1C21c2ccccc2-c2ccc(N(c3ccc4c(c3)C3(c5ccccc5-c5ccccc53)c3ccccc3-4)c3cccc4oc5c6ccccc6c(-c6ccc7ccccc7c6)cc5c34)cc21. The van der Waals surface area contributed by atoms with Crippen LogP contribution in [0.3, 0.4) is 0 Å². The van der Waals surface area contributed by atoms with Gasteiger partial charge in [0.05, 0.1) is 21.9 Å². The smallest absolute Gasteiger partial charge is 0.143 e. The molecule has 78 heavy (non-hydrogen) atoms. The Morgan fingerprint density at radius 1 is 0.269 bits per heavy atom. The van der Waals surface area contributed by atoms with Crippen LogP contribution >= 0.6 is 0 Å². The zero-order valence-electron chi connectivity index (χ0n) is 42.3. The summed E-state index contributed by atoms with van der Waals surface area (Å²) in [5.74, 6) is 0. The first kappa shape index (κ1) is 42.2. The summed E-state index contributed by atoms with van der Waals surface area (Å²) in [6, 6.07) is 103. The molecule has 4 aliphatic carbocycles. The molecule has 1 aromatic heterocycles. The molecule has 0 N–H and O–H groups in total. The van der Waals surface area contributed by atoms with Crippen LogP contribution in [0.5, 0.6) is 0 Å². The summed E-state index contributed by atoms with van der Waals surface area (Å²) in [6.07, 6.45) is 0. The maximum absolute atomic E-state index is 7.20. The van der Waals surface area contributed by atoms with E-state index >= 15 is 0 Å². The molecule has 2 nitrogen and oxygen atoms in total. The standard InChI is InChI=1S/C76H45NO/c1-2-19-47-42-48(37-36-46(47)18-1)61-45-62-73-71(34-17-35-72(73)78-74(62)60-27-4-3-20-51(60)61)77(49-38-40-58-56-25-9-15-32-67(56)75(69(58)43-49)63-28-11-5-21-52(63)53-22-6-12-29-64(53)75)50-39-41-59-57-26-10-16-33-68(57)76(70(59)44-50)65-30-13-7-23-54(65)55-24-8-14-31-66(55)76/h1-45H. The fourth-order valence-corrected chi connectivity index (χ4v) is 15.3. The van der Waals surface area contributed by atoms with Gasteiger partial charge in [-0.2, -0.15) is 0 Å². The van der Waals surface area contributed by atoms with Crippen LogP contribution in [0.25, 0.3) is 99.1 Å². The number of furan rings is 1. The minimum atomic E-state index is -0.524. The van der Waals surface area contributed by atoms with Gasteiger partial charge in [0.1, 0.15) is 11.2 Å². The quantitative estimate of drug-likeness (QED) is 0.175. The van der Waals surface area contributed by atoms with Gasteiger partial charge in [-0.05, 0) is 165 Å². The van der Waals surface area contributed by atoms with Crippen LogP contribution in [0, 0.1) is 0 Å². The summed E-state index contributed by atoms with van der Waals surface area (Å²) in [4.78, 5) is 2.55. The van der Waals surface area contributed by atoms with E-state index in [0.717, 1.165) is 44.4 Å². The van der Waals surface area contributed by atoms with Gasteiger partial charge in [-0.15, -0.1) is 0 Å². The van der Waals surface area contributed by atoms with Gasteiger partial charge >= 0.3 is 0 Å². The van der Waals surface area contributed by atoms with Crippen molar-refractivity contribution < 1.29 is 4.42 Å². The fourth-order valence-electron chi connectivity index (χ4n) is 15.3. The van der Waals surface area contributed by atoms with Crippen molar-refractivity contribution in [3.8, 4) is 55.6 Å². The van der Waals surface area contributed by atoms with Crippen molar-refractivity contribution in [1.29, 1.82) is 0 Å². The van der Waals surface area contributed by atoms with Crippen LogP contribution in [-0.2, 0) is 10.8 Å². The molecule has 1 heterocycles. The highest BCUT2D eigenvalue weighted by molar-refractivity contribution is 6.23. The summed E-state index contributed by atoms with van der Waals surface area (Å²) >= 11 is 0. The lowest BCUT2D eigenvalue weighted by Crippen LogP contribution is -2.26. The number of anilines is 3. The number of benzene rings is 13. The molecule has 0 saturated carbocycles. The maximum atomic E-state index is 7.20. The van der Waals surface area contributed by atoms with Gasteiger partial charge in [0.15, 0.2) is 0 Å². The molecule has 0 saturated heterocycles. The summed E-state index contributed by atoms with van der Waals surface area (Å²) in [7, 11) is 0. The van der Waals surface area contributed by atoms with E-state index in [2.05, 4.69) is 278 Å². The highest BCUT2D eigenvalue weighted by atomic mass is 16.3. The zero-order valence-corrected chi connectivity index (χ0v) is 42.3. The summed E-state index contributed by atoms with van der Waals surface area (Å²) in [6.45, 7) is 0.